The third kappa shape index (κ3) is 3.96. The highest BCUT2D eigenvalue weighted by molar-refractivity contribution is 7.94. The molecule has 0 bridgehead atoms. The first-order valence-electron chi connectivity index (χ1n) is 7.28. The van der Waals surface area contributed by atoms with Crippen LogP contribution in [0.2, 0.25) is 9.36 Å². The molecule has 1 saturated heterocycles. The third-order valence-electron chi connectivity index (χ3n) is 3.70. The van der Waals surface area contributed by atoms with E-state index in [1.807, 2.05) is 0 Å². The summed E-state index contributed by atoms with van der Waals surface area (Å²) in [5.74, 6) is 0. The highest BCUT2D eigenvalue weighted by Gasteiger charge is 2.28. The van der Waals surface area contributed by atoms with E-state index in [4.69, 9.17) is 23.2 Å². The number of nitrogens with one attached hydrogen (secondary N) is 1. The van der Waals surface area contributed by atoms with Gasteiger partial charge in [-0.1, -0.05) is 23.2 Å². The number of sulfonamides is 2. The lowest BCUT2D eigenvalue weighted by atomic mass is 10.3. The van der Waals surface area contributed by atoms with Gasteiger partial charge in [-0.15, -0.1) is 11.3 Å². The molecule has 11 heteroatoms. The quantitative estimate of drug-likeness (QED) is 0.768. The fourth-order valence-electron chi connectivity index (χ4n) is 2.46. The van der Waals surface area contributed by atoms with Crippen LogP contribution in [0.25, 0.3) is 0 Å². The van der Waals surface area contributed by atoms with Crippen LogP contribution in [-0.4, -0.2) is 34.2 Å². The Morgan fingerprint density at radius 3 is 2.28 bits per heavy atom. The molecule has 25 heavy (non-hydrogen) atoms. The van der Waals surface area contributed by atoms with Crippen molar-refractivity contribution in [1.29, 1.82) is 0 Å². The van der Waals surface area contributed by atoms with Crippen LogP contribution in [0.4, 0.5) is 5.69 Å². The average Bonchev–Trinajstić information content (AvgIpc) is 3.20. The Morgan fingerprint density at radius 2 is 1.68 bits per heavy atom. The van der Waals surface area contributed by atoms with Crippen molar-refractivity contribution >= 4 is 60.3 Å². The highest BCUT2D eigenvalue weighted by Crippen LogP contribution is 2.32. The number of hydrogen-bond acceptors (Lipinski definition) is 5. The van der Waals surface area contributed by atoms with E-state index >= 15 is 0 Å². The molecule has 0 radical (unpaired) electrons. The van der Waals surface area contributed by atoms with Crippen molar-refractivity contribution in [1.82, 2.24) is 4.31 Å². The SMILES string of the molecule is O=S(=O)(Nc1cc(S(=O)(=O)N2CCCC2)ccc1Cl)c1ccc(Cl)s1. The minimum atomic E-state index is -3.91. The van der Waals surface area contributed by atoms with Gasteiger partial charge in [0.1, 0.15) is 4.21 Å². The molecule has 3 rings (SSSR count). The van der Waals surface area contributed by atoms with E-state index in [1.54, 1.807) is 0 Å². The Bertz CT molecular complexity index is 997. The van der Waals surface area contributed by atoms with Crippen molar-refractivity contribution < 1.29 is 16.8 Å². The lowest BCUT2D eigenvalue weighted by Gasteiger charge is -2.17. The summed E-state index contributed by atoms with van der Waals surface area (Å²) >= 11 is 12.7. The van der Waals surface area contributed by atoms with Gasteiger partial charge in [-0.05, 0) is 43.2 Å². The van der Waals surface area contributed by atoms with Crippen molar-refractivity contribution in [3.63, 3.8) is 0 Å². The molecule has 0 amide bonds. The molecule has 1 aliphatic rings. The predicted octanol–water partition coefficient (Wildman–Crippen LogP) is 3.64. The van der Waals surface area contributed by atoms with Crippen molar-refractivity contribution in [2.45, 2.75) is 21.9 Å². The van der Waals surface area contributed by atoms with Crippen LogP contribution < -0.4 is 4.72 Å². The second-order valence-electron chi connectivity index (χ2n) is 5.42. The molecule has 1 aliphatic heterocycles. The van der Waals surface area contributed by atoms with Crippen LogP contribution in [0, 0.1) is 0 Å². The number of hydrogen-bond donors (Lipinski definition) is 1. The van der Waals surface area contributed by atoms with Crippen molar-refractivity contribution in [2.24, 2.45) is 0 Å². The molecule has 0 spiro atoms. The summed E-state index contributed by atoms with van der Waals surface area (Å²) in [6, 6.07) is 6.81. The number of thiophene rings is 1. The molecule has 2 aromatic rings. The standard InChI is InChI=1S/C14H14Cl2N2O4S3/c15-11-4-3-10(25(21,22)18-7-1-2-8-18)9-12(11)17-24(19,20)14-6-5-13(16)23-14/h3-6,9,17H,1-2,7-8H2. The molecule has 0 unspecified atom stereocenters. The van der Waals surface area contributed by atoms with Gasteiger partial charge in [-0.25, -0.2) is 16.8 Å². The number of benzene rings is 1. The number of halogens is 2. The summed E-state index contributed by atoms with van der Waals surface area (Å²) in [4.78, 5) is 0.000659. The maximum atomic E-state index is 12.6. The molecule has 1 aromatic heterocycles. The van der Waals surface area contributed by atoms with Gasteiger partial charge in [0, 0.05) is 13.1 Å². The Balaban J connectivity index is 1.95. The van der Waals surface area contributed by atoms with Gasteiger partial charge in [-0.2, -0.15) is 4.31 Å². The second-order valence-corrected chi connectivity index (χ2v) is 11.4. The summed E-state index contributed by atoms with van der Waals surface area (Å²) in [5.41, 5.74) is 0.00598. The number of anilines is 1. The van der Waals surface area contributed by atoms with Gasteiger partial charge in [0.2, 0.25) is 10.0 Å². The molecule has 136 valence electrons. The van der Waals surface area contributed by atoms with Gasteiger partial charge in [-0.3, -0.25) is 4.72 Å². The van der Waals surface area contributed by atoms with Crippen molar-refractivity contribution in [3.05, 3.63) is 39.7 Å². The zero-order chi connectivity index (χ0) is 18.2. The summed E-state index contributed by atoms with van der Waals surface area (Å²) in [5, 5.41) is 0.103. The van der Waals surface area contributed by atoms with Crippen molar-refractivity contribution in [3.8, 4) is 0 Å². The summed E-state index contributed by atoms with van der Waals surface area (Å²) in [6.07, 6.45) is 1.62. The second kappa shape index (κ2) is 7.05. The Hall–Kier alpha value is -0.840. The molecule has 0 saturated carbocycles. The smallest absolute Gasteiger partial charge is 0.271 e. The van der Waals surface area contributed by atoms with Crippen molar-refractivity contribution in [2.75, 3.05) is 17.8 Å². The largest absolute Gasteiger partial charge is 0.277 e. The fourth-order valence-corrected chi connectivity index (χ4v) is 6.78. The number of rotatable bonds is 5. The van der Waals surface area contributed by atoms with Crippen LogP contribution in [-0.2, 0) is 20.0 Å². The lowest BCUT2D eigenvalue weighted by molar-refractivity contribution is 0.477. The molecule has 1 aromatic carbocycles. The van der Waals surface area contributed by atoms with Gasteiger partial charge in [0.05, 0.1) is 19.9 Å². The predicted molar refractivity (Wildman–Crippen MR) is 99.6 cm³/mol. The molecular formula is C14H14Cl2N2O4S3. The minimum Gasteiger partial charge on any atom is -0.277 e. The average molecular weight is 441 g/mol. The first-order valence-corrected chi connectivity index (χ1v) is 11.8. The topological polar surface area (TPSA) is 83.5 Å². The maximum absolute atomic E-state index is 12.6. The van der Waals surface area contributed by atoms with E-state index in [0.717, 1.165) is 24.2 Å². The van der Waals surface area contributed by atoms with Gasteiger partial charge >= 0.3 is 0 Å². The molecule has 0 aliphatic carbocycles. The zero-order valence-corrected chi connectivity index (χ0v) is 16.7. The lowest BCUT2D eigenvalue weighted by Crippen LogP contribution is -2.28. The summed E-state index contributed by atoms with van der Waals surface area (Å²) in [7, 11) is -7.58. The van der Waals surface area contributed by atoms with Crippen LogP contribution >= 0.6 is 34.5 Å². The maximum Gasteiger partial charge on any atom is 0.271 e. The van der Waals surface area contributed by atoms with Gasteiger partial charge < -0.3 is 0 Å². The monoisotopic (exact) mass is 440 g/mol. The molecule has 1 fully saturated rings. The van der Waals surface area contributed by atoms with E-state index in [9.17, 15) is 16.8 Å². The first-order chi connectivity index (χ1) is 11.7. The van der Waals surface area contributed by atoms with Crippen LogP contribution in [0.5, 0.6) is 0 Å². The summed E-state index contributed by atoms with van der Waals surface area (Å²) < 4.78 is 54.1. The van der Waals surface area contributed by atoms with E-state index in [2.05, 4.69) is 4.72 Å². The first kappa shape index (κ1) is 18.9. The van der Waals surface area contributed by atoms with Gasteiger partial charge in [0.15, 0.2) is 0 Å². The normalized spacial score (nSPS) is 16.2. The minimum absolute atomic E-state index is 0.000659. The van der Waals surface area contributed by atoms with Gasteiger partial charge in [0.25, 0.3) is 10.0 Å². The Labute approximate surface area is 160 Å². The fraction of sp³-hybridized carbons (Fsp3) is 0.286. The Kier molecular flexibility index (Phi) is 5.34. The molecule has 1 N–H and O–H groups in total. The molecule has 2 heterocycles. The zero-order valence-electron chi connectivity index (χ0n) is 12.8. The van der Waals surface area contributed by atoms with Crippen LogP contribution in [0.3, 0.4) is 0 Å². The molecular weight excluding hydrogens is 427 g/mol. The molecule has 6 nitrogen and oxygen atoms in total. The molecule has 0 atom stereocenters. The van der Waals surface area contributed by atoms with Crippen LogP contribution in [0.15, 0.2) is 39.4 Å². The van der Waals surface area contributed by atoms with Crippen LogP contribution in [0.1, 0.15) is 12.8 Å². The summed E-state index contributed by atoms with van der Waals surface area (Å²) in [6.45, 7) is 0.916. The van der Waals surface area contributed by atoms with E-state index in [1.165, 1.54) is 34.6 Å². The Morgan fingerprint density at radius 1 is 1.00 bits per heavy atom. The van der Waals surface area contributed by atoms with E-state index in [0.29, 0.717) is 17.4 Å². The van der Waals surface area contributed by atoms with E-state index in [-0.39, 0.29) is 19.8 Å². The number of nitrogens with zero attached hydrogens (tertiary/aromatic N) is 1. The highest BCUT2D eigenvalue weighted by atomic mass is 35.5. The third-order valence-corrected chi connectivity index (χ3v) is 9.01. The van der Waals surface area contributed by atoms with E-state index < -0.39 is 20.0 Å².